The van der Waals surface area contributed by atoms with E-state index in [0.717, 1.165) is 12.1 Å². The maximum absolute atomic E-state index is 13.1. The monoisotopic (exact) mass is 330 g/mol. The first-order valence-electron chi connectivity index (χ1n) is 4.94. The van der Waals surface area contributed by atoms with Crippen LogP contribution in [0, 0.1) is 11.6 Å². The van der Waals surface area contributed by atoms with Crippen LogP contribution < -0.4 is 0 Å². The van der Waals surface area contributed by atoms with Crippen molar-refractivity contribution in [3.05, 3.63) is 68.7 Å². The molecule has 0 unspecified atom stereocenters. The minimum atomic E-state index is -0.552. The Labute approximate surface area is 116 Å². The molecule has 92 valence electrons. The van der Waals surface area contributed by atoms with Gasteiger partial charge in [0.15, 0.2) is 5.78 Å². The number of halogens is 4. The fraction of sp³-hybridized carbons (Fsp3) is 0. The van der Waals surface area contributed by atoms with E-state index in [9.17, 15) is 13.6 Å². The average molecular weight is 332 g/mol. The van der Waals surface area contributed by atoms with E-state index in [1.54, 1.807) is 0 Å². The van der Waals surface area contributed by atoms with Crippen LogP contribution in [0.5, 0.6) is 0 Å². The normalized spacial score (nSPS) is 10.4. The fourth-order valence-electron chi connectivity index (χ4n) is 1.46. The summed E-state index contributed by atoms with van der Waals surface area (Å²) in [5, 5.41) is 0.154. The highest BCUT2D eigenvalue weighted by Crippen LogP contribution is 2.23. The lowest BCUT2D eigenvalue weighted by Crippen LogP contribution is -2.03. The van der Waals surface area contributed by atoms with Crippen molar-refractivity contribution < 1.29 is 13.6 Å². The summed E-state index contributed by atoms with van der Waals surface area (Å²) in [5.74, 6) is -1.49. The maximum Gasteiger partial charge on any atom is 0.194 e. The number of hydrogen-bond donors (Lipinski definition) is 0. The summed E-state index contributed by atoms with van der Waals surface area (Å²) in [6, 6.07) is 7.34. The molecular formula is C13H6BrClF2O. The summed E-state index contributed by atoms with van der Waals surface area (Å²) in [6.45, 7) is 0. The summed E-state index contributed by atoms with van der Waals surface area (Å²) in [6.07, 6.45) is 0. The highest BCUT2D eigenvalue weighted by Gasteiger charge is 2.15. The molecule has 0 aliphatic rings. The van der Waals surface area contributed by atoms with Crippen molar-refractivity contribution in [2.75, 3.05) is 0 Å². The summed E-state index contributed by atoms with van der Waals surface area (Å²) >= 11 is 8.82. The largest absolute Gasteiger partial charge is 0.289 e. The molecule has 0 heterocycles. The van der Waals surface area contributed by atoms with E-state index in [1.165, 1.54) is 24.3 Å². The molecule has 2 rings (SSSR count). The zero-order chi connectivity index (χ0) is 13.3. The van der Waals surface area contributed by atoms with E-state index in [0.29, 0.717) is 0 Å². The minimum absolute atomic E-state index is 0.0511. The van der Waals surface area contributed by atoms with Gasteiger partial charge in [-0.25, -0.2) is 8.78 Å². The van der Waals surface area contributed by atoms with E-state index in [1.807, 2.05) is 0 Å². The smallest absolute Gasteiger partial charge is 0.194 e. The van der Waals surface area contributed by atoms with Gasteiger partial charge in [-0.05, 0) is 52.3 Å². The molecule has 2 aromatic carbocycles. The van der Waals surface area contributed by atoms with Gasteiger partial charge in [0.25, 0.3) is 0 Å². The van der Waals surface area contributed by atoms with Crippen LogP contribution in [0.1, 0.15) is 15.9 Å². The number of benzene rings is 2. The number of carbonyl (C=O) groups excluding carboxylic acids is 1. The molecular weight excluding hydrogens is 325 g/mol. The second-order valence-corrected chi connectivity index (χ2v) is 4.84. The van der Waals surface area contributed by atoms with Gasteiger partial charge in [-0.3, -0.25) is 4.79 Å². The van der Waals surface area contributed by atoms with E-state index >= 15 is 0 Å². The van der Waals surface area contributed by atoms with Gasteiger partial charge in [-0.15, -0.1) is 0 Å². The minimum Gasteiger partial charge on any atom is -0.289 e. The first-order chi connectivity index (χ1) is 8.49. The van der Waals surface area contributed by atoms with Crippen LogP contribution in [-0.2, 0) is 0 Å². The van der Waals surface area contributed by atoms with Crippen molar-refractivity contribution in [1.29, 1.82) is 0 Å². The van der Waals surface area contributed by atoms with Crippen LogP contribution in [0.3, 0.4) is 0 Å². The third-order valence-corrected chi connectivity index (χ3v) is 3.29. The van der Waals surface area contributed by atoms with Gasteiger partial charge in [0.05, 0.1) is 9.50 Å². The maximum atomic E-state index is 13.1. The Hall–Kier alpha value is -1.26. The Morgan fingerprint density at radius 3 is 2.50 bits per heavy atom. The topological polar surface area (TPSA) is 17.1 Å². The molecule has 0 fully saturated rings. The molecule has 0 saturated carbocycles. The molecule has 0 N–H and O–H groups in total. The van der Waals surface area contributed by atoms with E-state index < -0.39 is 17.4 Å². The average Bonchev–Trinajstić information content (AvgIpc) is 2.35. The fourth-order valence-corrected chi connectivity index (χ4v) is 2.05. The van der Waals surface area contributed by atoms with Crippen molar-refractivity contribution in [2.45, 2.75) is 0 Å². The Balaban J connectivity index is 2.47. The standard InChI is InChI=1S/C13H6BrClF2O/c14-10-5-7(1-4-12(10)17)13(18)9-6-8(16)2-3-11(9)15/h1-6H. The zero-order valence-corrected chi connectivity index (χ0v) is 11.2. The third-order valence-electron chi connectivity index (χ3n) is 2.35. The first kappa shape index (κ1) is 13.2. The molecule has 0 amide bonds. The quantitative estimate of drug-likeness (QED) is 0.734. The molecule has 0 radical (unpaired) electrons. The molecule has 0 bridgehead atoms. The van der Waals surface area contributed by atoms with Crippen molar-refractivity contribution in [3.8, 4) is 0 Å². The molecule has 0 saturated heterocycles. The summed E-state index contributed by atoms with van der Waals surface area (Å²) in [4.78, 5) is 12.1. The highest BCUT2D eigenvalue weighted by atomic mass is 79.9. The lowest BCUT2D eigenvalue weighted by Gasteiger charge is -2.05. The Morgan fingerprint density at radius 1 is 1.11 bits per heavy atom. The van der Waals surface area contributed by atoms with Crippen LogP contribution in [-0.4, -0.2) is 5.78 Å². The Morgan fingerprint density at radius 2 is 1.83 bits per heavy atom. The van der Waals surface area contributed by atoms with Gasteiger partial charge in [0.2, 0.25) is 0 Å². The van der Waals surface area contributed by atoms with E-state index in [-0.39, 0.29) is 20.6 Å². The van der Waals surface area contributed by atoms with Crippen molar-refractivity contribution >= 4 is 33.3 Å². The first-order valence-corrected chi connectivity index (χ1v) is 6.11. The molecule has 18 heavy (non-hydrogen) atoms. The SMILES string of the molecule is O=C(c1ccc(F)c(Br)c1)c1cc(F)ccc1Cl. The van der Waals surface area contributed by atoms with Gasteiger partial charge >= 0.3 is 0 Å². The molecule has 0 atom stereocenters. The summed E-state index contributed by atoms with van der Waals surface area (Å²) in [7, 11) is 0. The van der Waals surface area contributed by atoms with Crippen molar-refractivity contribution in [2.24, 2.45) is 0 Å². The Kier molecular flexibility index (Phi) is 3.78. The molecule has 5 heteroatoms. The van der Waals surface area contributed by atoms with Crippen LogP contribution in [0.2, 0.25) is 5.02 Å². The summed E-state index contributed by atoms with van der Waals surface area (Å²) in [5.41, 5.74) is 0.283. The molecule has 1 nitrogen and oxygen atoms in total. The zero-order valence-electron chi connectivity index (χ0n) is 8.88. The van der Waals surface area contributed by atoms with Crippen LogP contribution in [0.25, 0.3) is 0 Å². The third kappa shape index (κ3) is 2.60. The van der Waals surface area contributed by atoms with Crippen LogP contribution in [0.15, 0.2) is 40.9 Å². The number of rotatable bonds is 2. The number of carbonyl (C=O) groups is 1. The van der Waals surface area contributed by atoms with Gasteiger partial charge in [-0.1, -0.05) is 11.6 Å². The molecule has 0 aliphatic heterocycles. The summed E-state index contributed by atoms with van der Waals surface area (Å²) < 4.78 is 26.3. The number of ketones is 1. The lowest BCUT2D eigenvalue weighted by atomic mass is 10.0. The van der Waals surface area contributed by atoms with Crippen molar-refractivity contribution in [3.63, 3.8) is 0 Å². The lowest BCUT2D eigenvalue weighted by molar-refractivity contribution is 0.103. The molecule has 0 spiro atoms. The van der Waals surface area contributed by atoms with Crippen molar-refractivity contribution in [1.82, 2.24) is 0 Å². The second-order valence-electron chi connectivity index (χ2n) is 3.58. The van der Waals surface area contributed by atoms with Gasteiger partial charge in [0, 0.05) is 11.1 Å². The van der Waals surface area contributed by atoms with Crippen LogP contribution in [0.4, 0.5) is 8.78 Å². The highest BCUT2D eigenvalue weighted by molar-refractivity contribution is 9.10. The van der Waals surface area contributed by atoms with E-state index in [4.69, 9.17) is 11.6 Å². The van der Waals surface area contributed by atoms with Crippen LogP contribution >= 0.6 is 27.5 Å². The molecule has 2 aromatic rings. The van der Waals surface area contributed by atoms with Gasteiger partial charge < -0.3 is 0 Å². The molecule has 0 aromatic heterocycles. The van der Waals surface area contributed by atoms with E-state index in [2.05, 4.69) is 15.9 Å². The predicted octanol–water partition coefficient (Wildman–Crippen LogP) is 4.61. The number of hydrogen-bond acceptors (Lipinski definition) is 1. The molecule has 0 aliphatic carbocycles. The predicted molar refractivity (Wildman–Crippen MR) is 68.9 cm³/mol. The Bertz CT molecular complexity index is 628. The second kappa shape index (κ2) is 5.16. The van der Waals surface area contributed by atoms with Gasteiger partial charge in [-0.2, -0.15) is 0 Å². The van der Waals surface area contributed by atoms with Gasteiger partial charge in [0.1, 0.15) is 11.6 Å².